The normalized spacial score (nSPS) is 11.1. The quantitative estimate of drug-likeness (QED) is 0.776. The molecular weight excluding hydrogens is 288 g/mol. The van der Waals surface area contributed by atoms with Crippen LogP contribution in [0, 0.1) is 11.6 Å². The van der Waals surface area contributed by atoms with Crippen LogP contribution in [-0.4, -0.2) is 14.5 Å². The molecule has 7 heteroatoms. The Hall–Kier alpha value is -2.54. The Bertz CT molecular complexity index is 805. The van der Waals surface area contributed by atoms with Gasteiger partial charge in [0.1, 0.15) is 23.0 Å². The third-order valence-electron chi connectivity index (χ3n) is 3.49. The number of hydrogen-bond donors (Lipinski definition) is 2. The molecule has 0 aliphatic carbocycles. The van der Waals surface area contributed by atoms with Crippen LogP contribution in [0.15, 0.2) is 30.7 Å². The van der Waals surface area contributed by atoms with E-state index in [1.807, 2.05) is 11.6 Å². The number of nitrogens with two attached hydrogens (primary N) is 1. The van der Waals surface area contributed by atoms with Gasteiger partial charge in [-0.2, -0.15) is 0 Å². The average molecular weight is 303 g/mol. The van der Waals surface area contributed by atoms with Gasteiger partial charge in [-0.05, 0) is 17.7 Å². The molecule has 0 amide bonds. The number of imidazole rings is 1. The van der Waals surface area contributed by atoms with Gasteiger partial charge in [0.15, 0.2) is 0 Å². The molecule has 0 radical (unpaired) electrons. The monoisotopic (exact) mass is 303 g/mol. The Labute approximate surface area is 125 Å². The summed E-state index contributed by atoms with van der Waals surface area (Å²) in [6.45, 7) is 0.0964. The summed E-state index contributed by atoms with van der Waals surface area (Å²) in [4.78, 5) is 8.34. The minimum atomic E-state index is -0.616. The van der Waals surface area contributed by atoms with E-state index in [1.54, 1.807) is 18.6 Å². The lowest BCUT2D eigenvalue weighted by atomic mass is 10.1. The van der Waals surface area contributed by atoms with Crippen LogP contribution >= 0.6 is 0 Å². The number of pyridine rings is 1. The Kier molecular flexibility index (Phi) is 3.72. The van der Waals surface area contributed by atoms with Crippen molar-refractivity contribution in [1.29, 1.82) is 0 Å². The average Bonchev–Trinajstić information content (AvgIpc) is 2.87. The number of rotatable bonds is 4. The summed E-state index contributed by atoms with van der Waals surface area (Å²) in [5.74, 6) is -0.707. The fourth-order valence-electron chi connectivity index (χ4n) is 2.25. The maximum Gasteiger partial charge on any atom is 0.131 e. The second-order valence-electron chi connectivity index (χ2n) is 5.01. The second kappa shape index (κ2) is 5.69. The summed E-state index contributed by atoms with van der Waals surface area (Å²) in [5, 5.41) is 2.93. The minimum Gasteiger partial charge on any atom is -0.366 e. The molecule has 0 aliphatic rings. The van der Waals surface area contributed by atoms with Crippen LogP contribution < -0.4 is 11.1 Å². The molecule has 1 aromatic carbocycles. The van der Waals surface area contributed by atoms with Gasteiger partial charge in [-0.3, -0.25) is 0 Å². The number of benzene rings is 1. The fourth-order valence-corrected chi connectivity index (χ4v) is 2.25. The zero-order valence-electron chi connectivity index (χ0n) is 12.0. The highest BCUT2D eigenvalue weighted by Gasteiger charge is 2.11. The molecule has 2 heterocycles. The summed E-state index contributed by atoms with van der Waals surface area (Å²) in [5.41, 5.74) is 7.43. The standard InChI is InChI=1S/C15H15F2N5/c1-22-8-21-13-7-20-15(4-14(13)22)19-6-10-11(16)2-9(5-18)3-12(10)17/h2-4,7-8H,5-6,18H2,1H3,(H,19,20). The van der Waals surface area contributed by atoms with Crippen molar-refractivity contribution in [2.45, 2.75) is 13.1 Å². The molecule has 0 saturated heterocycles. The van der Waals surface area contributed by atoms with Crippen LogP contribution in [0.2, 0.25) is 0 Å². The van der Waals surface area contributed by atoms with Gasteiger partial charge in [-0.25, -0.2) is 18.7 Å². The molecule has 3 N–H and O–H groups in total. The summed E-state index contributed by atoms with van der Waals surface area (Å²) >= 11 is 0. The highest BCUT2D eigenvalue weighted by Crippen LogP contribution is 2.19. The molecule has 0 spiro atoms. The van der Waals surface area contributed by atoms with Crippen LogP contribution in [0.5, 0.6) is 0 Å². The lowest BCUT2D eigenvalue weighted by Gasteiger charge is -2.09. The Morgan fingerprint density at radius 1 is 1.18 bits per heavy atom. The van der Waals surface area contributed by atoms with Crippen molar-refractivity contribution < 1.29 is 8.78 Å². The number of hydrogen-bond acceptors (Lipinski definition) is 4. The van der Waals surface area contributed by atoms with Crippen molar-refractivity contribution >= 4 is 16.9 Å². The highest BCUT2D eigenvalue weighted by atomic mass is 19.1. The lowest BCUT2D eigenvalue weighted by molar-refractivity contribution is 0.556. The number of fused-ring (bicyclic) bond motifs is 1. The van der Waals surface area contributed by atoms with Crippen molar-refractivity contribution in [2.24, 2.45) is 12.8 Å². The largest absolute Gasteiger partial charge is 0.366 e. The van der Waals surface area contributed by atoms with Gasteiger partial charge in [0.2, 0.25) is 0 Å². The molecule has 0 unspecified atom stereocenters. The first-order valence-corrected chi connectivity index (χ1v) is 6.76. The summed E-state index contributed by atoms with van der Waals surface area (Å²) in [7, 11) is 1.87. The topological polar surface area (TPSA) is 68.8 Å². The Morgan fingerprint density at radius 3 is 2.59 bits per heavy atom. The molecule has 3 rings (SSSR count). The zero-order valence-corrected chi connectivity index (χ0v) is 12.0. The summed E-state index contributed by atoms with van der Waals surface area (Å²) < 4.78 is 29.6. The van der Waals surface area contributed by atoms with E-state index < -0.39 is 11.6 Å². The summed E-state index contributed by atoms with van der Waals surface area (Å²) in [6.07, 6.45) is 3.29. The molecule has 5 nitrogen and oxygen atoms in total. The highest BCUT2D eigenvalue weighted by molar-refractivity contribution is 5.77. The molecule has 2 aromatic heterocycles. The van der Waals surface area contributed by atoms with Crippen LogP contribution in [0.4, 0.5) is 14.6 Å². The number of aryl methyl sites for hydroxylation is 1. The Balaban J connectivity index is 1.83. The van der Waals surface area contributed by atoms with Gasteiger partial charge < -0.3 is 15.6 Å². The fraction of sp³-hybridized carbons (Fsp3) is 0.200. The third-order valence-corrected chi connectivity index (χ3v) is 3.49. The van der Waals surface area contributed by atoms with Crippen molar-refractivity contribution in [3.8, 4) is 0 Å². The van der Waals surface area contributed by atoms with Gasteiger partial charge in [0.25, 0.3) is 0 Å². The molecule has 3 aromatic rings. The summed E-state index contributed by atoms with van der Waals surface area (Å²) in [6, 6.07) is 4.28. The van der Waals surface area contributed by atoms with Gasteiger partial charge in [0.05, 0.1) is 18.0 Å². The second-order valence-corrected chi connectivity index (χ2v) is 5.01. The molecule has 0 atom stereocenters. The van der Waals surface area contributed by atoms with E-state index in [2.05, 4.69) is 15.3 Å². The van der Waals surface area contributed by atoms with Crippen molar-refractivity contribution in [3.63, 3.8) is 0 Å². The number of nitrogens with one attached hydrogen (secondary N) is 1. The van der Waals surface area contributed by atoms with E-state index >= 15 is 0 Å². The van der Waals surface area contributed by atoms with E-state index in [-0.39, 0.29) is 18.7 Å². The maximum atomic E-state index is 13.9. The molecule has 0 fully saturated rings. The van der Waals surface area contributed by atoms with Crippen molar-refractivity contribution in [1.82, 2.24) is 14.5 Å². The van der Waals surface area contributed by atoms with Gasteiger partial charge in [-0.1, -0.05) is 0 Å². The van der Waals surface area contributed by atoms with E-state index in [0.29, 0.717) is 11.4 Å². The number of anilines is 1. The number of nitrogens with zero attached hydrogens (tertiary/aromatic N) is 3. The van der Waals surface area contributed by atoms with E-state index in [0.717, 1.165) is 11.0 Å². The molecule has 22 heavy (non-hydrogen) atoms. The first-order chi connectivity index (χ1) is 10.6. The van der Waals surface area contributed by atoms with Crippen molar-refractivity contribution in [3.05, 3.63) is 53.5 Å². The van der Waals surface area contributed by atoms with Crippen LogP contribution in [-0.2, 0) is 20.1 Å². The number of aromatic nitrogens is 3. The van der Waals surface area contributed by atoms with Gasteiger partial charge in [-0.15, -0.1) is 0 Å². The Morgan fingerprint density at radius 2 is 1.91 bits per heavy atom. The first-order valence-electron chi connectivity index (χ1n) is 6.76. The van der Waals surface area contributed by atoms with Gasteiger partial charge >= 0.3 is 0 Å². The third kappa shape index (κ3) is 2.62. The predicted molar refractivity (Wildman–Crippen MR) is 80.1 cm³/mol. The van der Waals surface area contributed by atoms with Crippen LogP contribution in [0.3, 0.4) is 0 Å². The number of halogens is 2. The first kappa shape index (κ1) is 14.4. The predicted octanol–water partition coefficient (Wildman–Crippen LogP) is 2.32. The smallest absolute Gasteiger partial charge is 0.131 e. The van der Waals surface area contributed by atoms with Crippen LogP contribution in [0.1, 0.15) is 11.1 Å². The maximum absolute atomic E-state index is 13.9. The molecule has 114 valence electrons. The molecule has 0 saturated carbocycles. The van der Waals surface area contributed by atoms with E-state index in [4.69, 9.17) is 5.73 Å². The molecule has 0 bridgehead atoms. The molecule has 0 aliphatic heterocycles. The van der Waals surface area contributed by atoms with Gasteiger partial charge in [0, 0.05) is 31.8 Å². The SMILES string of the molecule is Cn1cnc2cnc(NCc3c(F)cc(CN)cc3F)cc21. The van der Waals surface area contributed by atoms with Crippen molar-refractivity contribution in [2.75, 3.05) is 5.32 Å². The molecular formula is C15H15F2N5. The van der Waals surface area contributed by atoms with E-state index in [9.17, 15) is 8.78 Å². The van der Waals surface area contributed by atoms with Crippen LogP contribution in [0.25, 0.3) is 11.0 Å². The minimum absolute atomic E-state index is 0.00111. The lowest BCUT2D eigenvalue weighted by Crippen LogP contribution is -2.08. The zero-order chi connectivity index (χ0) is 15.7. The van der Waals surface area contributed by atoms with E-state index in [1.165, 1.54) is 12.1 Å².